The van der Waals surface area contributed by atoms with Gasteiger partial charge in [-0.2, -0.15) is 4.31 Å². The van der Waals surface area contributed by atoms with Crippen molar-refractivity contribution in [2.24, 2.45) is 0 Å². The van der Waals surface area contributed by atoms with Crippen LogP contribution in [0.3, 0.4) is 0 Å². The number of halogens is 2. The predicted octanol–water partition coefficient (Wildman–Crippen LogP) is 2.23. The average Bonchev–Trinajstić information content (AvgIpc) is 2.34. The summed E-state index contributed by atoms with van der Waals surface area (Å²) in [5, 5.41) is 2.99. The molecule has 1 rings (SSSR count). The summed E-state index contributed by atoms with van der Waals surface area (Å²) >= 11 is 5.88. The molecule has 0 amide bonds. The Hall–Kier alpha value is -0.690. The molecule has 4 nitrogen and oxygen atoms in total. The van der Waals surface area contributed by atoms with Crippen molar-refractivity contribution >= 4 is 21.6 Å². The van der Waals surface area contributed by atoms with E-state index in [1.165, 1.54) is 10.4 Å². The minimum Gasteiger partial charge on any atom is -0.316 e. The predicted molar refractivity (Wildman–Crippen MR) is 74.3 cm³/mol. The van der Waals surface area contributed by atoms with E-state index in [2.05, 4.69) is 5.32 Å². The van der Waals surface area contributed by atoms with E-state index in [4.69, 9.17) is 11.6 Å². The molecule has 0 fully saturated rings. The smallest absolute Gasteiger partial charge is 0.246 e. The van der Waals surface area contributed by atoms with Gasteiger partial charge in [-0.15, -0.1) is 0 Å². The fourth-order valence-electron chi connectivity index (χ4n) is 1.83. The maximum absolute atomic E-state index is 14.3. The molecular formula is C12H18ClFN2O2S. The molecule has 1 aromatic rings. The summed E-state index contributed by atoms with van der Waals surface area (Å²) in [6.45, 7) is 4.20. The summed E-state index contributed by atoms with van der Waals surface area (Å²) < 4.78 is 40.1. The molecule has 0 saturated carbocycles. The van der Waals surface area contributed by atoms with Gasteiger partial charge >= 0.3 is 0 Å². The standard InChI is InChI=1S/C12H18ClFN2O2S/c1-4-16(5-2)19(17,18)11-7-10(13)6-9(8-15-3)12(11)14/h6-7,15H,4-5,8H2,1-3H3. The van der Waals surface area contributed by atoms with Crippen molar-refractivity contribution in [3.05, 3.63) is 28.5 Å². The summed E-state index contributed by atoms with van der Waals surface area (Å²) in [5.41, 5.74) is 0.237. The monoisotopic (exact) mass is 308 g/mol. The third-order valence-corrected chi connectivity index (χ3v) is 5.04. The summed E-state index contributed by atoms with van der Waals surface area (Å²) in [6.07, 6.45) is 0. The fraction of sp³-hybridized carbons (Fsp3) is 0.500. The van der Waals surface area contributed by atoms with Crippen LogP contribution >= 0.6 is 11.6 Å². The Balaban J connectivity index is 3.42. The highest BCUT2D eigenvalue weighted by Gasteiger charge is 2.27. The quantitative estimate of drug-likeness (QED) is 0.877. The van der Waals surface area contributed by atoms with Gasteiger partial charge < -0.3 is 5.32 Å². The molecule has 0 aromatic heterocycles. The van der Waals surface area contributed by atoms with Gasteiger partial charge in [0.2, 0.25) is 10.0 Å². The second-order valence-electron chi connectivity index (χ2n) is 4.00. The number of sulfonamides is 1. The molecule has 0 aliphatic carbocycles. The molecule has 1 aromatic carbocycles. The van der Waals surface area contributed by atoms with Crippen LogP contribution in [0.25, 0.3) is 0 Å². The van der Waals surface area contributed by atoms with E-state index >= 15 is 0 Å². The Bertz CT molecular complexity index is 545. The number of hydrogen-bond acceptors (Lipinski definition) is 3. The maximum atomic E-state index is 14.3. The van der Waals surface area contributed by atoms with Gasteiger partial charge in [0, 0.05) is 30.2 Å². The second kappa shape index (κ2) is 6.65. The molecule has 0 spiro atoms. The van der Waals surface area contributed by atoms with Crippen LogP contribution in [0.5, 0.6) is 0 Å². The van der Waals surface area contributed by atoms with Crippen LogP contribution in [-0.4, -0.2) is 32.9 Å². The Kier molecular flexibility index (Phi) is 5.73. The molecule has 0 aliphatic heterocycles. The highest BCUT2D eigenvalue weighted by molar-refractivity contribution is 7.89. The largest absolute Gasteiger partial charge is 0.316 e. The fourth-order valence-corrected chi connectivity index (χ4v) is 3.72. The molecule has 0 heterocycles. The lowest BCUT2D eigenvalue weighted by molar-refractivity contribution is 0.439. The number of hydrogen-bond donors (Lipinski definition) is 1. The summed E-state index contributed by atoms with van der Waals surface area (Å²) in [6, 6.07) is 2.58. The Morgan fingerprint density at radius 2 is 1.89 bits per heavy atom. The Labute approximate surface area is 118 Å². The van der Waals surface area contributed by atoms with E-state index in [-0.39, 0.29) is 35.1 Å². The molecule has 0 radical (unpaired) electrons. The Morgan fingerprint density at radius 1 is 1.32 bits per heavy atom. The van der Waals surface area contributed by atoms with Gasteiger partial charge in [0.05, 0.1) is 0 Å². The summed E-state index contributed by atoms with van der Waals surface area (Å²) in [7, 11) is -2.20. The van der Waals surface area contributed by atoms with Gasteiger partial charge in [0.15, 0.2) is 0 Å². The van der Waals surface area contributed by atoms with Crippen LogP contribution in [0.15, 0.2) is 17.0 Å². The van der Waals surface area contributed by atoms with Crippen LogP contribution in [0.1, 0.15) is 19.4 Å². The Morgan fingerprint density at radius 3 is 2.37 bits per heavy atom. The van der Waals surface area contributed by atoms with Crippen molar-refractivity contribution in [1.29, 1.82) is 0 Å². The maximum Gasteiger partial charge on any atom is 0.246 e. The third-order valence-electron chi connectivity index (χ3n) is 2.77. The van der Waals surface area contributed by atoms with Gasteiger partial charge in [-0.3, -0.25) is 0 Å². The first kappa shape index (κ1) is 16.4. The first-order valence-electron chi connectivity index (χ1n) is 6.01. The van der Waals surface area contributed by atoms with Crippen molar-refractivity contribution in [2.75, 3.05) is 20.1 Å². The normalized spacial score (nSPS) is 12.1. The topological polar surface area (TPSA) is 49.4 Å². The van der Waals surface area contributed by atoms with Gasteiger partial charge in [-0.25, -0.2) is 12.8 Å². The van der Waals surface area contributed by atoms with Crippen molar-refractivity contribution in [2.45, 2.75) is 25.3 Å². The first-order valence-corrected chi connectivity index (χ1v) is 7.82. The molecule has 0 saturated heterocycles. The molecule has 0 atom stereocenters. The van der Waals surface area contributed by atoms with Crippen molar-refractivity contribution in [3.63, 3.8) is 0 Å². The number of nitrogens with zero attached hydrogens (tertiary/aromatic N) is 1. The van der Waals surface area contributed by atoms with Crippen molar-refractivity contribution < 1.29 is 12.8 Å². The zero-order chi connectivity index (χ0) is 14.6. The highest BCUT2D eigenvalue weighted by Crippen LogP contribution is 2.26. The number of nitrogens with one attached hydrogen (secondary N) is 1. The minimum absolute atomic E-state index is 0.206. The lowest BCUT2D eigenvalue weighted by Gasteiger charge is -2.19. The molecule has 0 unspecified atom stereocenters. The van der Waals surface area contributed by atoms with Gasteiger partial charge in [0.25, 0.3) is 0 Å². The third kappa shape index (κ3) is 3.45. The molecule has 7 heteroatoms. The van der Waals surface area contributed by atoms with Crippen LogP contribution < -0.4 is 5.32 Å². The molecule has 0 bridgehead atoms. The van der Waals surface area contributed by atoms with Crippen LogP contribution in [0.2, 0.25) is 5.02 Å². The summed E-state index contributed by atoms with van der Waals surface area (Å²) in [4.78, 5) is -0.367. The van der Waals surface area contributed by atoms with Gasteiger partial charge in [0.1, 0.15) is 10.7 Å². The van der Waals surface area contributed by atoms with E-state index < -0.39 is 15.8 Å². The van der Waals surface area contributed by atoms with E-state index in [0.717, 1.165) is 6.07 Å². The molecule has 0 aliphatic rings. The van der Waals surface area contributed by atoms with Gasteiger partial charge in [-0.1, -0.05) is 25.4 Å². The zero-order valence-corrected chi connectivity index (χ0v) is 12.8. The van der Waals surface area contributed by atoms with Gasteiger partial charge in [-0.05, 0) is 19.2 Å². The highest BCUT2D eigenvalue weighted by atomic mass is 35.5. The van der Waals surface area contributed by atoms with E-state index in [1.807, 2.05) is 0 Å². The van der Waals surface area contributed by atoms with Crippen molar-refractivity contribution in [1.82, 2.24) is 9.62 Å². The molecule has 108 valence electrons. The van der Waals surface area contributed by atoms with Crippen LogP contribution in [0.4, 0.5) is 4.39 Å². The molecule has 1 N–H and O–H groups in total. The first-order chi connectivity index (χ1) is 8.88. The molecular weight excluding hydrogens is 291 g/mol. The molecule has 19 heavy (non-hydrogen) atoms. The summed E-state index contributed by atoms with van der Waals surface area (Å²) in [5.74, 6) is -0.745. The second-order valence-corrected chi connectivity index (χ2v) is 6.34. The van der Waals surface area contributed by atoms with E-state index in [9.17, 15) is 12.8 Å². The number of benzene rings is 1. The van der Waals surface area contributed by atoms with Crippen LogP contribution in [-0.2, 0) is 16.6 Å². The minimum atomic E-state index is -3.85. The SMILES string of the molecule is CCN(CC)S(=O)(=O)c1cc(Cl)cc(CNC)c1F. The number of rotatable bonds is 6. The lowest BCUT2D eigenvalue weighted by atomic mass is 10.2. The van der Waals surface area contributed by atoms with E-state index in [0.29, 0.717) is 0 Å². The van der Waals surface area contributed by atoms with E-state index in [1.54, 1.807) is 20.9 Å². The lowest BCUT2D eigenvalue weighted by Crippen LogP contribution is -2.31. The van der Waals surface area contributed by atoms with Crippen molar-refractivity contribution in [3.8, 4) is 0 Å². The van der Waals surface area contributed by atoms with Crippen LogP contribution in [0, 0.1) is 5.82 Å². The zero-order valence-electron chi connectivity index (χ0n) is 11.2. The average molecular weight is 309 g/mol.